The predicted octanol–water partition coefficient (Wildman–Crippen LogP) is 4.84. The fraction of sp³-hybridized carbons (Fsp3) is 0.0417. The van der Waals surface area contributed by atoms with Crippen LogP contribution in [0.3, 0.4) is 0 Å². The molecule has 0 atom stereocenters. The van der Waals surface area contributed by atoms with Crippen LogP contribution in [-0.2, 0) is 4.79 Å². The Kier molecular flexibility index (Phi) is 4.26. The lowest BCUT2D eigenvalue weighted by atomic mass is 10.0. The van der Waals surface area contributed by atoms with Crippen molar-refractivity contribution in [3.63, 3.8) is 0 Å². The van der Waals surface area contributed by atoms with Gasteiger partial charge in [-0.3, -0.25) is 14.2 Å². The monoisotopic (exact) mass is 413 g/mol. The number of carbonyl (C=O) groups excluding carboxylic acids is 1. The fourth-order valence-electron chi connectivity index (χ4n) is 3.66. The highest BCUT2D eigenvalue weighted by atomic mass is 35.5. The molecule has 0 spiro atoms. The first kappa shape index (κ1) is 18.3. The summed E-state index contributed by atoms with van der Waals surface area (Å²) in [7, 11) is 0. The standard InChI is InChI=1S/C24H16ClN3O2/c1-14-6-11-21-18(12-14)19(23(29)27-21)13-22-26-20-5-3-2-4-17(20)24(30)28(22)16-9-7-15(25)8-10-16/h2-13H,1H3,(H,27,29)/b19-13-. The Bertz CT molecular complexity index is 1420. The molecule has 3 aromatic carbocycles. The fourth-order valence-corrected chi connectivity index (χ4v) is 3.79. The third-order valence-corrected chi connectivity index (χ3v) is 5.37. The van der Waals surface area contributed by atoms with Crippen molar-refractivity contribution in [3.05, 3.63) is 99.1 Å². The highest BCUT2D eigenvalue weighted by molar-refractivity contribution is 6.34. The topological polar surface area (TPSA) is 64.0 Å². The largest absolute Gasteiger partial charge is 0.321 e. The zero-order chi connectivity index (χ0) is 20.8. The van der Waals surface area contributed by atoms with Crippen LogP contribution in [0, 0.1) is 6.92 Å². The maximum absolute atomic E-state index is 13.3. The van der Waals surface area contributed by atoms with Gasteiger partial charge in [0.25, 0.3) is 11.5 Å². The van der Waals surface area contributed by atoms with E-state index in [0.29, 0.717) is 33.0 Å². The van der Waals surface area contributed by atoms with Gasteiger partial charge >= 0.3 is 0 Å². The van der Waals surface area contributed by atoms with Crippen LogP contribution in [0.15, 0.2) is 71.5 Å². The summed E-state index contributed by atoms with van der Waals surface area (Å²) in [6, 6.07) is 19.9. The number of hydrogen-bond donors (Lipinski definition) is 1. The minimum atomic E-state index is -0.222. The molecule has 1 aromatic heterocycles. The van der Waals surface area contributed by atoms with Crippen molar-refractivity contribution in [2.24, 2.45) is 0 Å². The van der Waals surface area contributed by atoms with Crippen LogP contribution >= 0.6 is 11.6 Å². The molecule has 1 amide bonds. The quantitative estimate of drug-likeness (QED) is 0.478. The highest BCUT2D eigenvalue weighted by Crippen LogP contribution is 2.33. The summed E-state index contributed by atoms with van der Waals surface area (Å²) in [5, 5.41) is 3.94. The molecule has 5 rings (SSSR count). The maximum atomic E-state index is 13.3. The van der Waals surface area contributed by atoms with Crippen LogP contribution < -0.4 is 10.9 Å². The number of fused-ring (bicyclic) bond motifs is 2. The molecule has 5 nitrogen and oxygen atoms in total. The van der Waals surface area contributed by atoms with Crippen LogP contribution in [0.4, 0.5) is 5.69 Å². The van der Waals surface area contributed by atoms with E-state index in [2.05, 4.69) is 5.32 Å². The Hall–Kier alpha value is -3.70. The van der Waals surface area contributed by atoms with Gasteiger partial charge < -0.3 is 5.32 Å². The molecule has 1 N–H and O–H groups in total. The van der Waals surface area contributed by atoms with E-state index in [1.165, 1.54) is 4.57 Å². The van der Waals surface area contributed by atoms with Crippen LogP contribution in [0.2, 0.25) is 5.02 Å². The lowest BCUT2D eigenvalue weighted by Gasteiger charge is -2.12. The van der Waals surface area contributed by atoms with Crippen molar-refractivity contribution >= 4 is 45.7 Å². The number of nitrogens with zero attached hydrogens (tertiary/aromatic N) is 2. The van der Waals surface area contributed by atoms with E-state index < -0.39 is 0 Å². The van der Waals surface area contributed by atoms with E-state index in [4.69, 9.17) is 16.6 Å². The summed E-state index contributed by atoms with van der Waals surface area (Å²) in [5.74, 6) is 0.154. The van der Waals surface area contributed by atoms with Crippen LogP contribution in [0.25, 0.3) is 28.2 Å². The van der Waals surface area contributed by atoms with Gasteiger partial charge in [-0.15, -0.1) is 0 Å². The summed E-state index contributed by atoms with van der Waals surface area (Å²) < 4.78 is 1.51. The van der Waals surface area contributed by atoms with Gasteiger partial charge in [0.1, 0.15) is 5.82 Å². The van der Waals surface area contributed by atoms with E-state index in [0.717, 1.165) is 16.8 Å². The van der Waals surface area contributed by atoms with Gasteiger partial charge in [0.15, 0.2) is 0 Å². The molecule has 1 aliphatic heterocycles. The SMILES string of the molecule is Cc1ccc2c(c1)/C(=C/c1nc3ccccc3c(=O)n1-c1ccc(Cl)cc1)C(=O)N2. The van der Waals surface area contributed by atoms with Gasteiger partial charge in [0.2, 0.25) is 0 Å². The Morgan fingerprint density at radius 3 is 2.57 bits per heavy atom. The molecule has 4 aromatic rings. The molecule has 30 heavy (non-hydrogen) atoms. The Morgan fingerprint density at radius 1 is 1.00 bits per heavy atom. The predicted molar refractivity (Wildman–Crippen MR) is 120 cm³/mol. The first-order chi connectivity index (χ1) is 14.5. The van der Waals surface area contributed by atoms with Crippen molar-refractivity contribution < 1.29 is 4.79 Å². The molecular weight excluding hydrogens is 398 g/mol. The highest BCUT2D eigenvalue weighted by Gasteiger charge is 2.25. The van der Waals surface area contributed by atoms with E-state index in [-0.39, 0.29) is 11.5 Å². The molecule has 146 valence electrons. The summed E-state index contributed by atoms with van der Waals surface area (Å²) in [5.41, 5.74) is 4.04. The smallest absolute Gasteiger partial charge is 0.266 e. The average molecular weight is 414 g/mol. The van der Waals surface area contributed by atoms with Crippen molar-refractivity contribution in [2.75, 3.05) is 5.32 Å². The lowest BCUT2D eigenvalue weighted by Crippen LogP contribution is -2.22. The molecule has 0 saturated carbocycles. The van der Waals surface area contributed by atoms with Gasteiger partial charge in [-0.2, -0.15) is 0 Å². The number of aryl methyl sites for hydroxylation is 1. The molecular formula is C24H16ClN3O2. The maximum Gasteiger partial charge on any atom is 0.266 e. The number of carbonyl (C=O) groups is 1. The number of halogens is 1. The zero-order valence-electron chi connectivity index (χ0n) is 16.0. The number of benzene rings is 3. The molecule has 0 aliphatic carbocycles. The van der Waals surface area contributed by atoms with Gasteiger partial charge in [0, 0.05) is 16.3 Å². The van der Waals surface area contributed by atoms with Gasteiger partial charge in [-0.25, -0.2) is 4.98 Å². The first-order valence-corrected chi connectivity index (χ1v) is 9.81. The molecule has 1 aliphatic rings. The molecule has 0 radical (unpaired) electrons. The minimum absolute atomic E-state index is 0.211. The normalized spacial score (nSPS) is 14.2. The summed E-state index contributed by atoms with van der Waals surface area (Å²) in [4.78, 5) is 30.7. The van der Waals surface area contributed by atoms with Crippen molar-refractivity contribution in [1.29, 1.82) is 0 Å². The molecule has 0 unspecified atom stereocenters. The number of para-hydroxylation sites is 1. The van der Waals surface area contributed by atoms with Gasteiger partial charge in [-0.05, 0) is 61.5 Å². The van der Waals surface area contributed by atoms with Gasteiger partial charge in [0.05, 0.1) is 22.2 Å². The third kappa shape index (κ3) is 3.00. The van der Waals surface area contributed by atoms with Crippen molar-refractivity contribution in [2.45, 2.75) is 6.92 Å². The first-order valence-electron chi connectivity index (χ1n) is 9.43. The Balaban J connectivity index is 1.81. The van der Waals surface area contributed by atoms with Gasteiger partial charge in [-0.1, -0.05) is 35.4 Å². The molecule has 0 saturated heterocycles. The van der Waals surface area contributed by atoms with Crippen LogP contribution in [-0.4, -0.2) is 15.5 Å². The van der Waals surface area contributed by atoms with Crippen LogP contribution in [0.5, 0.6) is 0 Å². The number of nitrogens with one attached hydrogen (secondary N) is 1. The van der Waals surface area contributed by atoms with E-state index in [9.17, 15) is 9.59 Å². The summed E-state index contributed by atoms with van der Waals surface area (Å²) in [6.45, 7) is 1.97. The Morgan fingerprint density at radius 2 is 1.77 bits per heavy atom. The van der Waals surface area contributed by atoms with E-state index >= 15 is 0 Å². The molecule has 6 heteroatoms. The average Bonchev–Trinajstić information content (AvgIpc) is 3.04. The molecule has 0 fully saturated rings. The number of rotatable bonds is 2. The number of hydrogen-bond acceptors (Lipinski definition) is 3. The number of aromatic nitrogens is 2. The number of anilines is 1. The third-order valence-electron chi connectivity index (χ3n) is 5.12. The van der Waals surface area contributed by atoms with Crippen molar-refractivity contribution in [1.82, 2.24) is 9.55 Å². The van der Waals surface area contributed by atoms with Crippen molar-refractivity contribution in [3.8, 4) is 5.69 Å². The Labute approximate surface area is 177 Å². The van der Waals surface area contributed by atoms with E-state index in [1.807, 2.05) is 31.2 Å². The molecule has 0 bridgehead atoms. The lowest BCUT2D eigenvalue weighted by molar-refractivity contribution is -0.110. The van der Waals surface area contributed by atoms with E-state index in [1.54, 1.807) is 48.5 Å². The second-order valence-corrected chi connectivity index (χ2v) is 7.60. The zero-order valence-corrected chi connectivity index (χ0v) is 16.8. The summed E-state index contributed by atoms with van der Waals surface area (Å²) >= 11 is 6.03. The second kappa shape index (κ2) is 6.97. The molecule has 2 heterocycles. The minimum Gasteiger partial charge on any atom is -0.321 e. The van der Waals surface area contributed by atoms with Crippen LogP contribution in [0.1, 0.15) is 17.0 Å². The second-order valence-electron chi connectivity index (χ2n) is 7.17. The number of amides is 1. The summed E-state index contributed by atoms with van der Waals surface area (Å²) in [6.07, 6.45) is 1.67.